The fraction of sp³-hybridized carbons (Fsp3) is 0.600. The molecule has 0 aliphatic carbocycles. The molecule has 0 radical (unpaired) electrons. The molecule has 0 saturated carbocycles. The molecule has 0 aromatic heterocycles. The topological polar surface area (TPSA) is 66.8 Å². The standard InChI is InChI=1S/C5H7NO4/c7-4-2-10-3-6(4)1-5(8)9/h1-3H2,(H,8,9). The van der Waals surface area contributed by atoms with E-state index in [2.05, 4.69) is 4.74 Å². The van der Waals surface area contributed by atoms with Gasteiger partial charge in [-0.1, -0.05) is 0 Å². The van der Waals surface area contributed by atoms with Gasteiger partial charge >= 0.3 is 5.97 Å². The van der Waals surface area contributed by atoms with Gasteiger partial charge in [0, 0.05) is 0 Å². The van der Waals surface area contributed by atoms with Crippen molar-refractivity contribution in [3.8, 4) is 0 Å². The molecular formula is C5H7NO4. The summed E-state index contributed by atoms with van der Waals surface area (Å²) in [4.78, 5) is 21.8. The van der Waals surface area contributed by atoms with E-state index < -0.39 is 5.97 Å². The van der Waals surface area contributed by atoms with Crippen molar-refractivity contribution < 1.29 is 19.4 Å². The maximum Gasteiger partial charge on any atom is 0.323 e. The van der Waals surface area contributed by atoms with Crippen LogP contribution in [0.15, 0.2) is 0 Å². The second kappa shape index (κ2) is 2.66. The van der Waals surface area contributed by atoms with Crippen LogP contribution in [0, 0.1) is 0 Å². The van der Waals surface area contributed by atoms with Crippen molar-refractivity contribution in [2.45, 2.75) is 0 Å². The lowest BCUT2D eigenvalue weighted by atomic mass is 10.5. The Bertz CT molecular complexity index is 167. The normalized spacial score (nSPS) is 18.0. The van der Waals surface area contributed by atoms with E-state index in [9.17, 15) is 9.59 Å². The molecule has 1 N–H and O–H groups in total. The molecule has 0 atom stereocenters. The molecule has 0 unspecified atom stereocenters. The number of carbonyl (C=O) groups is 2. The lowest BCUT2D eigenvalue weighted by Crippen LogP contribution is -2.31. The number of rotatable bonds is 2. The van der Waals surface area contributed by atoms with Gasteiger partial charge in [0.25, 0.3) is 5.91 Å². The fourth-order valence-corrected chi connectivity index (χ4v) is 0.704. The van der Waals surface area contributed by atoms with E-state index in [1.807, 2.05) is 0 Å². The molecule has 0 aromatic carbocycles. The monoisotopic (exact) mass is 145 g/mol. The molecule has 1 fully saturated rings. The molecule has 5 nitrogen and oxygen atoms in total. The molecule has 5 heteroatoms. The van der Waals surface area contributed by atoms with Crippen molar-refractivity contribution in [3.63, 3.8) is 0 Å². The first-order valence-electron chi connectivity index (χ1n) is 2.77. The average Bonchev–Trinajstić information content (AvgIpc) is 2.15. The van der Waals surface area contributed by atoms with Gasteiger partial charge in [-0.3, -0.25) is 9.59 Å². The summed E-state index contributed by atoms with van der Waals surface area (Å²) >= 11 is 0. The zero-order valence-corrected chi connectivity index (χ0v) is 5.24. The van der Waals surface area contributed by atoms with E-state index in [4.69, 9.17) is 5.11 Å². The van der Waals surface area contributed by atoms with Gasteiger partial charge in [0.05, 0.1) is 0 Å². The van der Waals surface area contributed by atoms with Gasteiger partial charge in [-0.25, -0.2) is 0 Å². The Hall–Kier alpha value is -1.10. The molecule has 1 heterocycles. The third-order valence-electron chi connectivity index (χ3n) is 1.15. The molecule has 1 aliphatic rings. The van der Waals surface area contributed by atoms with Crippen molar-refractivity contribution in [1.29, 1.82) is 0 Å². The highest BCUT2D eigenvalue weighted by Crippen LogP contribution is 1.99. The Kier molecular flexibility index (Phi) is 1.86. The highest BCUT2D eigenvalue weighted by Gasteiger charge is 2.22. The van der Waals surface area contributed by atoms with E-state index in [1.54, 1.807) is 0 Å². The first kappa shape index (κ1) is 7.01. The SMILES string of the molecule is O=C(O)CN1COCC1=O. The maximum absolute atomic E-state index is 10.6. The largest absolute Gasteiger partial charge is 0.480 e. The molecule has 56 valence electrons. The van der Waals surface area contributed by atoms with Crippen LogP contribution in [0.3, 0.4) is 0 Å². The van der Waals surface area contributed by atoms with Crippen LogP contribution >= 0.6 is 0 Å². The summed E-state index contributed by atoms with van der Waals surface area (Å²) in [5.74, 6) is -1.28. The van der Waals surface area contributed by atoms with Gasteiger partial charge in [0.15, 0.2) is 0 Å². The molecule has 0 bridgehead atoms. The first-order chi connectivity index (χ1) is 4.70. The molecule has 1 rings (SSSR count). The van der Waals surface area contributed by atoms with Crippen molar-refractivity contribution in [2.75, 3.05) is 19.9 Å². The average molecular weight is 145 g/mol. The minimum atomic E-state index is -1.01. The summed E-state index contributed by atoms with van der Waals surface area (Å²) < 4.78 is 4.68. The lowest BCUT2D eigenvalue weighted by Gasteiger charge is -2.08. The third kappa shape index (κ3) is 1.44. The van der Waals surface area contributed by atoms with Crippen LogP contribution in [-0.4, -0.2) is 41.8 Å². The second-order valence-electron chi connectivity index (χ2n) is 1.96. The predicted molar refractivity (Wildman–Crippen MR) is 30.2 cm³/mol. The number of ether oxygens (including phenoxy) is 1. The van der Waals surface area contributed by atoms with Gasteiger partial charge in [-0.15, -0.1) is 0 Å². The van der Waals surface area contributed by atoms with Gasteiger partial charge in [0.1, 0.15) is 19.9 Å². The summed E-state index contributed by atoms with van der Waals surface area (Å²) in [7, 11) is 0. The van der Waals surface area contributed by atoms with E-state index in [-0.39, 0.29) is 25.8 Å². The lowest BCUT2D eigenvalue weighted by molar-refractivity contribution is -0.142. The minimum absolute atomic E-state index is 0.00722. The van der Waals surface area contributed by atoms with Crippen molar-refractivity contribution >= 4 is 11.9 Å². The number of carboxylic acid groups (broad SMARTS) is 1. The number of hydrogen-bond acceptors (Lipinski definition) is 3. The van der Waals surface area contributed by atoms with Crippen LogP contribution in [0.4, 0.5) is 0 Å². The van der Waals surface area contributed by atoms with Gasteiger partial charge in [0.2, 0.25) is 0 Å². The Morgan fingerprint density at radius 3 is 2.90 bits per heavy atom. The van der Waals surface area contributed by atoms with Crippen molar-refractivity contribution in [3.05, 3.63) is 0 Å². The number of amides is 1. The molecular weight excluding hydrogens is 138 g/mol. The molecule has 0 aromatic rings. The summed E-state index contributed by atoms with van der Waals surface area (Å²) in [6, 6.07) is 0. The Balaban J connectivity index is 2.40. The van der Waals surface area contributed by atoms with E-state index >= 15 is 0 Å². The molecule has 1 amide bonds. The predicted octanol–water partition coefficient (Wildman–Crippen LogP) is -1.11. The number of carboxylic acids is 1. The second-order valence-corrected chi connectivity index (χ2v) is 1.96. The molecule has 0 spiro atoms. The van der Waals surface area contributed by atoms with Crippen LogP contribution in [-0.2, 0) is 14.3 Å². The van der Waals surface area contributed by atoms with Gasteiger partial charge in [-0.2, -0.15) is 0 Å². The number of hydrogen-bond donors (Lipinski definition) is 1. The van der Waals surface area contributed by atoms with Crippen LogP contribution < -0.4 is 0 Å². The highest BCUT2D eigenvalue weighted by atomic mass is 16.5. The quantitative estimate of drug-likeness (QED) is 0.534. The summed E-state index contributed by atoms with van der Waals surface area (Å²) in [5, 5.41) is 8.24. The Labute approximate surface area is 57.2 Å². The van der Waals surface area contributed by atoms with Crippen molar-refractivity contribution in [1.82, 2.24) is 4.90 Å². The summed E-state index contributed by atoms with van der Waals surface area (Å²) in [5.41, 5.74) is 0. The molecule has 10 heavy (non-hydrogen) atoms. The maximum atomic E-state index is 10.6. The van der Waals surface area contributed by atoms with Crippen molar-refractivity contribution in [2.24, 2.45) is 0 Å². The van der Waals surface area contributed by atoms with E-state index in [0.717, 1.165) is 4.90 Å². The van der Waals surface area contributed by atoms with E-state index in [0.29, 0.717) is 0 Å². The molecule has 1 aliphatic heterocycles. The zero-order valence-electron chi connectivity index (χ0n) is 5.24. The summed E-state index contributed by atoms with van der Waals surface area (Å²) in [6.07, 6.45) is 0. The van der Waals surface area contributed by atoms with Crippen LogP contribution in [0.25, 0.3) is 0 Å². The van der Waals surface area contributed by atoms with Gasteiger partial charge in [-0.05, 0) is 0 Å². The molecule has 1 saturated heterocycles. The van der Waals surface area contributed by atoms with Crippen LogP contribution in [0.5, 0.6) is 0 Å². The number of aliphatic carboxylic acids is 1. The van der Waals surface area contributed by atoms with Gasteiger partial charge < -0.3 is 14.7 Å². The number of nitrogens with zero attached hydrogens (tertiary/aromatic N) is 1. The number of carbonyl (C=O) groups excluding carboxylic acids is 1. The zero-order chi connectivity index (χ0) is 7.56. The first-order valence-corrected chi connectivity index (χ1v) is 2.77. The Morgan fingerprint density at radius 1 is 1.80 bits per heavy atom. The van der Waals surface area contributed by atoms with Crippen LogP contribution in [0.1, 0.15) is 0 Å². The highest BCUT2D eigenvalue weighted by molar-refractivity contribution is 5.83. The van der Waals surface area contributed by atoms with E-state index in [1.165, 1.54) is 0 Å². The van der Waals surface area contributed by atoms with Crippen LogP contribution in [0.2, 0.25) is 0 Å². The minimum Gasteiger partial charge on any atom is -0.480 e. The smallest absolute Gasteiger partial charge is 0.323 e. The fourth-order valence-electron chi connectivity index (χ4n) is 0.704. The third-order valence-corrected chi connectivity index (χ3v) is 1.15. The summed E-state index contributed by atoms with van der Waals surface area (Å²) in [6.45, 7) is -0.156. The Morgan fingerprint density at radius 2 is 2.50 bits per heavy atom.